The molecule has 0 bridgehead atoms. The summed E-state index contributed by atoms with van der Waals surface area (Å²) in [6.45, 7) is 6.49. The Bertz CT molecular complexity index is 268. The van der Waals surface area contributed by atoms with Gasteiger partial charge in [-0.25, -0.2) is 0 Å². The zero-order valence-electron chi connectivity index (χ0n) is 9.14. The molecule has 1 rings (SSSR count). The third-order valence-electron chi connectivity index (χ3n) is 2.96. The number of hydrogen-bond acceptors (Lipinski definition) is 3. The van der Waals surface area contributed by atoms with E-state index < -0.39 is 0 Å². The predicted octanol–water partition coefficient (Wildman–Crippen LogP) is 1.77. The van der Waals surface area contributed by atoms with Gasteiger partial charge in [-0.2, -0.15) is 0 Å². The second-order valence-electron chi connectivity index (χ2n) is 3.63. The topological polar surface area (TPSA) is 50.9 Å². The highest BCUT2D eigenvalue weighted by Crippen LogP contribution is 2.24. The van der Waals surface area contributed by atoms with Gasteiger partial charge in [0.2, 0.25) is 0 Å². The van der Waals surface area contributed by atoms with Gasteiger partial charge in [-0.1, -0.05) is 26.7 Å². The van der Waals surface area contributed by atoms with Crippen molar-refractivity contribution in [2.24, 2.45) is 5.92 Å². The van der Waals surface area contributed by atoms with Crippen LogP contribution < -0.4 is 0 Å². The van der Waals surface area contributed by atoms with Crippen molar-refractivity contribution in [1.82, 2.24) is 14.8 Å². The third-order valence-corrected chi connectivity index (χ3v) is 2.96. The fourth-order valence-electron chi connectivity index (χ4n) is 1.92. The summed E-state index contributed by atoms with van der Waals surface area (Å²) in [6.07, 6.45) is 3.98. The molecule has 0 aliphatic rings. The smallest absolute Gasteiger partial charge is 0.158 e. The summed E-state index contributed by atoms with van der Waals surface area (Å²) in [5.41, 5.74) is 0. The van der Waals surface area contributed by atoms with Crippen molar-refractivity contribution in [3.05, 3.63) is 12.2 Å². The van der Waals surface area contributed by atoms with Crippen LogP contribution in [0.1, 0.15) is 45.5 Å². The minimum atomic E-state index is -0.0372. The van der Waals surface area contributed by atoms with Crippen LogP contribution in [0.25, 0.3) is 0 Å². The Hall–Kier alpha value is -0.900. The molecule has 0 amide bonds. The lowest BCUT2D eigenvalue weighted by atomic mass is 9.95. The van der Waals surface area contributed by atoms with Crippen LogP contribution in [-0.4, -0.2) is 19.9 Å². The Balaban J connectivity index is 2.81. The fourth-order valence-corrected chi connectivity index (χ4v) is 1.92. The molecule has 0 saturated carbocycles. The molecule has 1 atom stereocenters. The number of rotatable bonds is 5. The number of hydrogen-bond donors (Lipinski definition) is 1. The summed E-state index contributed by atoms with van der Waals surface area (Å²) in [6, 6.07) is 0.363. The lowest BCUT2D eigenvalue weighted by Crippen LogP contribution is -2.17. The van der Waals surface area contributed by atoms with Crippen LogP contribution in [0.2, 0.25) is 0 Å². The van der Waals surface area contributed by atoms with Crippen molar-refractivity contribution >= 4 is 0 Å². The summed E-state index contributed by atoms with van der Waals surface area (Å²) in [7, 11) is 0. The molecular weight excluding hydrogens is 178 g/mol. The minimum Gasteiger partial charge on any atom is -0.388 e. The Labute approximate surface area is 85.0 Å². The van der Waals surface area contributed by atoms with Gasteiger partial charge in [-0.05, 0) is 12.8 Å². The van der Waals surface area contributed by atoms with E-state index in [4.69, 9.17) is 5.11 Å². The van der Waals surface area contributed by atoms with E-state index in [1.54, 1.807) is 6.33 Å². The first kappa shape index (κ1) is 11.2. The molecule has 0 spiro atoms. The van der Waals surface area contributed by atoms with Crippen molar-refractivity contribution < 1.29 is 5.11 Å². The summed E-state index contributed by atoms with van der Waals surface area (Å²) >= 11 is 0. The molecule has 0 aliphatic heterocycles. The molecule has 1 aromatic heterocycles. The maximum atomic E-state index is 9.06. The number of aliphatic hydroxyl groups excluding tert-OH is 1. The van der Waals surface area contributed by atoms with E-state index in [2.05, 4.69) is 31.0 Å². The van der Waals surface area contributed by atoms with Gasteiger partial charge in [0.05, 0.1) is 0 Å². The van der Waals surface area contributed by atoms with Crippen LogP contribution in [0, 0.1) is 5.92 Å². The molecule has 1 aromatic rings. The van der Waals surface area contributed by atoms with Crippen molar-refractivity contribution in [2.45, 2.75) is 46.3 Å². The molecule has 1 unspecified atom stereocenters. The summed E-state index contributed by atoms with van der Waals surface area (Å²) < 4.78 is 1.97. The first-order valence-electron chi connectivity index (χ1n) is 5.23. The van der Waals surface area contributed by atoms with E-state index in [0.29, 0.717) is 17.8 Å². The monoisotopic (exact) mass is 197 g/mol. The molecule has 1 N–H and O–H groups in total. The zero-order valence-corrected chi connectivity index (χ0v) is 9.14. The summed E-state index contributed by atoms with van der Waals surface area (Å²) in [5.74, 6) is 1.28. The van der Waals surface area contributed by atoms with Gasteiger partial charge < -0.3 is 9.67 Å². The molecular formula is C10H19N3O. The molecule has 4 heteroatoms. The van der Waals surface area contributed by atoms with Crippen molar-refractivity contribution in [2.75, 3.05) is 0 Å². The highest BCUT2D eigenvalue weighted by Gasteiger charge is 2.17. The molecule has 14 heavy (non-hydrogen) atoms. The van der Waals surface area contributed by atoms with Crippen molar-refractivity contribution in [3.63, 3.8) is 0 Å². The molecule has 0 saturated heterocycles. The maximum Gasteiger partial charge on any atom is 0.158 e. The SMILES string of the molecule is CCC(CC)C(C)n1cnnc1CO. The van der Waals surface area contributed by atoms with E-state index >= 15 is 0 Å². The van der Waals surface area contributed by atoms with Crippen LogP contribution in [0.3, 0.4) is 0 Å². The second kappa shape index (κ2) is 5.10. The summed E-state index contributed by atoms with van der Waals surface area (Å²) in [4.78, 5) is 0. The molecule has 80 valence electrons. The molecule has 0 fully saturated rings. The number of aromatic nitrogens is 3. The van der Waals surface area contributed by atoms with Crippen molar-refractivity contribution in [1.29, 1.82) is 0 Å². The average molecular weight is 197 g/mol. The third kappa shape index (κ3) is 2.12. The normalized spacial score (nSPS) is 13.5. The number of nitrogens with zero attached hydrogens (tertiary/aromatic N) is 3. The fraction of sp³-hybridized carbons (Fsp3) is 0.800. The van der Waals surface area contributed by atoms with Gasteiger partial charge >= 0.3 is 0 Å². The minimum absolute atomic E-state index is 0.0372. The Morgan fingerprint density at radius 3 is 2.57 bits per heavy atom. The van der Waals surface area contributed by atoms with Crippen LogP contribution in [0.15, 0.2) is 6.33 Å². The first-order valence-corrected chi connectivity index (χ1v) is 5.23. The lowest BCUT2D eigenvalue weighted by Gasteiger charge is -2.23. The highest BCUT2D eigenvalue weighted by atomic mass is 16.3. The molecule has 0 radical (unpaired) electrons. The van der Waals surface area contributed by atoms with Crippen LogP contribution in [0.5, 0.6) is 0 Å². The molecule has 0 aromatic carbocycles. The quantitative estimate of drug-likeness (QED) is 0.782. The standard InChI is InChI=1S/C10H19N3O/c1-4-9(5-2)8(3)13-7-11-12-10(13)6-14/h7-9,14H,4-6H2,1-3H3. The van der Waals surface area contributed by atoms with Crippen LogP contribution in [0.4, 0.5) is 0 Å². The average Bonchev–Trinajstić information content (AvgIpc) is 2.67. The maximum absolute atomic E-state index is 9.06. The Morgan fingerprint density at radius 1 is 1.43 bits per heavy atom. The predicted molar refractivity (Wildman–Crippen MR) is 54.7 cm³/mol. The Kier molecular flexibility index (Phi) is 4.07. The van der Waals surface area contributed by atoms with Gasteiger partial charge in [0, 0.05) is 6.04 Å². The largest absolute Gasteiger partial charge is 0.388 e. The zero-order chi connectivity index (χ0) is 10.6. The van der Waals surface area contributed by atoms with Crippen LogP contribution in [-0.2, 0) is 6.61 Å². The highest BCUT2D eigenvalue weighted by molar-refractivity contribution is 4.87. The molecule has 1 heterocycles. The van der Waals surface area contributed by atoms with E-state index in [9.17, 15) is 0 Å². The first-order chi connectivity index (χ1) is 6.74. The van der Waals surface area contributed by atoms with Gasteiger partial charge in [0.15, 0.2) is 5.82 Å². The van der Waals surface area contributed by atoms with E-state index in [-0.39, 0.29) is 6.61 Å². The molecule has 0 aliphatic carbocycles. The van der Waals surface area contributed by atoms with Gasteiger partial charge in [-0.3, -0.25) is 0 Å². The van der Waals surface area contributed by atoms with Crippen molar-refractivity contribution in [3.8, 4) is 0 Å². The van der Waals surface area contributed by atoms with E-state index in [1.807, 2.05) is 4.57 Å². The summed E-state index contributed by atoms with van der Waals surface area (Å²) in [5, 5.41) is 16.7. The van der Waals surface area contributed by atoms with Gasteiger partial charge in [0.25, 0.3) is 0 Å². The van der Waals surface area contributed by atoms with E-state index in [0.717, 1.165) is 12.8 Å². The van der Waals surface area contributed by atoms with Crippen LogP contribution >= 0.6 is 0 Å². The second-order valence-corrected chi connectivity index (χ2v) is 3.63. The van der Waals surface area contributed by atoms with E-state index in [1.165, 1.54) is 0 Å². The van der Waals surface area contributed by atoms with Gasteiger partial charge in [-0.15, -0.1) is 10.2 Å². The van der Waals surface area contributed by atoms with Gasteiger partial charge in [0.1, 0.15) is 12.9 Å². The molecule has 4 nitrogen and oxygen atoms in total. The Morgan fingerprint density at radius 2 is 2.07 bits per heavy atom. The number of aliphatic hydroxyl groups is 1. The lowest BCUT2D eigenvalue weighted by molar-refractivity contribution is 0.248.